The molecule has 1 saturated heterocycles. The van der Waals surface area contributed by atoms with Crippen LogP contribution in [0.2, 0.25) is 5.02 Å². The SMILES string of the molecule is CC(C)C(=O)N[C@@]1(C)C[C@@H](c2cccc(Cl)c2)O[C@@H](c2ccc(F)c(F)c2)C1. The Morgan fingerprint density at radius 2 is 1.75 bits per heavy atom. The first-order chi connectivity index (χ1) is 13.2. The van der Waals surface area contributed by atoms with Crippen LogP contribution in [-0.4, -0.2) is 11.4 Å². The third-order valence-electron chi connectivity index (χ3n) is 5.09. The maximum Gasteiger partial charge on any atom is 0.222 e. The van der Waals surface area contributed by atoms with Crippen molar-refractivity contribution in [2.24, 2.45) is 5.92 Å². The summed E-state index contributed by atoms with van der Waals surface area (Å²) in [4.78, 5) is 12.4. The molecule has 1 heterocycles. The summed E-state index contributed by atoms with van der Waals surface area (Å²) >= 11 is 6.14. The Bertz CT molecular complexity index is 873. The van der Waals surface area contributed by atoms with Gasteiger partial charge in [-0.15, -0.1) is 0 Å². The molecule has 1 aliphatic heterocycles. The van der Waals surface area contributed by atoms with Crippen LogP contribution in [0.4, 0.5) is 8.78 Å². The Balaban J connectivity index is 1.95. The summed E-state index contributed by atoms with van der Waals surface area (Å²) in [6.45, 7) is 5.62. The highest BCUT2D eigenvalue weighted by molar-refractivity contribution is 6.30. The van der Waals surface area contributed by atoms with E-state index in [1.807, 2.05) is 39.0 Å². The summed E-state index contributed by atoms with van der Waals surface area (Å²) in [6, 6.07) is 11.1. The van der Waals surface area contributed by atoms with Crippen molar-refractivity contribution in [3.05, 3.63) is 70.2 Å². The molecule has 1 aliphatic rings. The average Bonchev–Trinajstić information content (AvgIpc) is 2.63. The predicted molar refractivity (Wildman–Crippen MR) is 105 cm³/mol. The summed E-state index contributed by atoms with van der Waals surface area (Å²) in [7, 11) is 0. The third kappa shape index (κ3) is 4.70. The molecule has 3 atom stereocenters. The molecule has 1 amide bonds. The minimum absolute atomic E-state index is 0.0571. The van der Waals surface area contributed by atoms with Crippen LogP contribution in [0.15, 0.2) is 42.5 Å². The van der Waals surface area contributed by atoms with Crippen molar-refractivity contribution in [3.8, 4) is 0 Å². The Kier molecular flexibility index (Phi) is 6.06. The van der Waals surface area contributed by atoms with Crippen LogP contribution in [0.5, 0.6) is 0 Å². The molecule has 150 valence electrons. The molecule has 0 spiro atoms. The number of carbonyl (C=O) groups is 1. The topological polar surface area (TPSA) is 38.3 Å². The number of carbonyl (C=O) groups excluding carboxylic acids is 1. The summed E-state index contributed by atoms with van der Waals surface area (Å²) < 4.78 is 33.4. The zero-order valence-corrected chi connectivity index (χ0v) is 16.9. The van der Waals surface area contributed by atoms with Crippen molar-refractivity contribution in [1.82, 2.24) is 5.32 Å². The molecule has 2 aromatic carbocycles. The Hall–Kier alpha value is -1.98. The normalized spacial score (nSPS) is 25.0. The van der Waals surface area contributed by atoms with Gasteiger partial charge in [0.25, 0.3) is 0 Å². The number of hydrogen-bond donors (Lipinski definition) is 1. The molecule has 3 rings (SSSR count). The number of ether oxygens (including phenoxy) is 1. The second kappa shape index (κ2) is 8.18. The molecule has 1 fully saturated rings. The molecule has 0 aromatic heterocycles. The Labute approximate surface area is 169 Å². The summed E-state index contributed by atoms with van der Waals surface area (Å²) in [5.74, 6) is -2.04. The van der Waals surface area contributed by atoms with Crippen molar-refractivity contribution in [2.75, 3.05) is 0 Å². The highest BCUT2D eigenvalue weighted by Gasteiger charge is 2.40. The lowest BCUT2D eigenvalue weighted by Gasteiger charge is -2.43. The lowest BCUT2D eigenvalue weighted by molar-refractivity contribution is -0.131. The lowest BCUT2D eigenvalue weighted by atomic mass is 9.81. The van der Waals surface area contributed by atoms with Gasteiger partial charge in [0.05, 0.1) is 12.2 Å². The van der Waals surface area contributed by atoms with Gasteiger partial charge in [0, 0.05) is 29.3 Å². The van der Waals surface area contributed by atoms with Crippen LogP contribution in [-0.2, 0) is 9.53 Å². The van der Waals surface area contributed by atoms with Crippen molar-refractivity contribution in [3.63, 3.8) is 0 Å². The average molecular weight is 408 g/mol. The van der Waals surface area contributed by atoms with Gasteiger partial charge in [-0.2, -0.15) is 0 Å². The molecular formula is C22H24ClF2NO2. The van der Waals surface area contributed by atoms with Crippen LogP contribution < -0.4 is 5.32 Å². The summed E-state index contributed by atoms with van der Waals surface area (Å²) in [6.07, 6.45) is 0.160. The van der Waals surface area contributed by atoms with Gasteiger partial charge in [0.15, 0.2) is 11.6 Å². The molecule has 0 unspecified atom stereocenters. The fourth-order valence-electron chi connectivity index (χ4n) is 3.55. The first-order valence-electron chi connectivity index (χ1n) is 9.35. The van der Waals surface area contributed by atoms with Gasteiger partial charge in [-0.05, 0) is 42.3 Å². The molecule has 3 nitrogen and oxygen atoms in total. The lowest BCUT2D eigenvalue weighted by Crippen LogP contribution is -2.52. The van der Waals surface area contributed by atoms with Crippen LogP contribution in [0.25, 0.3) is 0 Å². The zero-order valence-electron chi connectivity index (χ0n) is 16.1. The molecule has 28 heavy (non-hydrogen) atoms. The largest absolute Gasteiger partial charge is 0.365 e. The van der Waals surface area contributed by atoms with E-state index in [4.69, 9.17) is 16.3 Å². The van der Waals surface area contributed by atoms with E-state index in [0.717, 1.165) is 17.7 Å². The maximum absolute atomic E-state index is 13.8. The van der Waals surface area contributed by atoms with Gasteiger partial charge in [-0.3, -0.25) is 4.79 Å². The van der Waals surface area contributed by atoms with Crippen LogP contribution in [0.1, 0.15) is 56.9 Å². The van der Waals surface area contributed by atoms with Gasteiger partial charge in [-0.1, -0.05) is 43.6 Å². The Morgan fingerprint density at radius 1 is 1.11 bits per heavy atom. The fraction of sp³-hybridized carbons (Fsp3) is 0.409. The van der Waals surface area contributed by atoms with Gasteiger partial charge in [0.2, 0.25) is 5.91 Å². The number of rotatable bonds is 4. The van der Waals surface area contributed by atoms with Crippen LogP contribution >= 0.6 is 11.6 Å². The van der Waals surface area contributed by atoms with Gasteiger partial charge in [0.1, 0.15) is 0 Å². The van der Waals surface area contributed by atoms with E-state index in [1.165, 1.54) is 6.07 Å². The van der Waals surface area contributed by atoms with Crippen molar-refractivity contribution < 1.29 is 18.3 Å². The van der Waals surface area contributed by atoms with E-state index in [0.29, 0.717) is 23.4 Å². The van der Waals surface area contributed by atoms with E-state index < -0.39 is 23.3 Å². The molecule has 0 radical (unpaired) electrons. The van der Waals surface area contributed by atoms with Crippen molar-refractivity contribution >= 4 is 17.5 Å². The van der Waals surface area contributed by atoms with Crippen LogP contribution in [0.3, 0.4) is 0 Å². The minimum Gasteiger partial charge on any atom is -0.365 e. The smallest absolute Gasteiger partial charge is 0.222 e. The molecule has 0 saturated carbocycles. The quantitative estimate of drug-likeness (QED) is 0.701. The van der Waals surface area contributed by atoms with E-state index in [-0.39, 0.29) is 17.9 Å². The van der Waals surface area contributed by atoms with E-state index in [9.17, 15) is 13.6 Å². The maximum atomic E-state index is 13.8. The number of hydrogen-bond acceptors (Lipinski definition) is 2. The third-order valence-corrected chi connectivity index (χ3v) is 5.32. The number of amides is 1. The number of halogens is 3. The molecule has 6 heteroatoms. The van der Waals surface area contributed by atoms with Crippen LogP contribution in [0, 0.1) is 17.6 Å². The van der Waals surface area contributed by atoms with Crippen molar-refractivity contribution in [2.45, 2.75) is 51.4 Å². The zero-order chi connectivity index (χ0) is 20.5. The van der Waals surface area contributed by atoms with Gasteiger partial charge < -0.3 is 10.1 Å². The standard InChI is InChI=1S/C22H24ClF2NO2/c1-13(2)21(27)26-22(3)11-19(14-5-4-6-16(23)9-14)28-20(12-22)15-7-8-17(24)18(25)10-15/h4-10,13,19-20H,11-12H2,1-3H3,(H,26,27)/t19-,20+,22-/m0/s1. The van der Waals surface area contributed by atoms with E-state index >= 15 is 0 Å². The summed E-state index contributed by atoms with van der Waals surface area (Å²) in [5.41, 5.74) is 0.850. The molecule has 2 aromatic rings. The summed E-state index contributed by atoms with van der Waals surface area (Å²) in [5, 5.41) is 3.70. The highest BCUT2D eigenvalue weighted by atomic mass is 35.5. The Morgan fingerprint density at radius 3 is 2.32 bits per heavy atom. The monoisotopic (exact) mass is 407 g/mol. The second-order valence-corrected chi connectivity index (χ2v) is 8.39. The number of benzene rings is 2. The highest BCUT2D eigenvalue weighted by Crippen LogP contribution is 2.44. The first kappa shape index (κ1) is 20.7. The van der Waals surface area contributed by atoms with Gasteiger partial charge >= 0.3 is 0 Å². The van der Waals surface area contributed by atoms with E-state index in [1.54, 1.807) is 6.07 Å². The number of nitrogens with one attached hydrogen (secondary N) is 1. The van der Waals surface area contributed by atoms with Crippen molar-refractivity contribution in [1.29, 1.82) is 0 Å². The molecular weight excluding hydrogens is 384 g/mol. The van der Waals surface area contributed by atoms with E-state index in [2.05, 4.69) is 5.32 Å². The first-order valence-corrected chi connectivity index (χ1v) is 9.72. The fourth-order valence-corrected chi connectivity index (χ4v) is 3.75. The second-order valence-electron chi connectivity index (χ2n) is 7.95. The molecule has 0 aliphatic carbocycles. The predicted octanol–water partition coefficient (Wildman–Crippen LogP) is 5.74. The molecule has 0 bridgehead atoms. The van der Waals surface area contributed by atoms with Gasteiger partial charge in [-0.25, -0.2) is 8.78 Å². The minimum atomic E-state index is -0.918. The molecule has 1 N–H and O–H groups in total.